The molecule has 3 N–H and O–H groups in total. The van der Waals surface area contributed by atoms with Gasteiger partial charge in [-0.2, -0.15) is 0 Å². The lowest BCUT2D eigenvalue weighted by Gasteiger charge is -2.16. The molecule has 0 aliphatic carbocycles. The van der Waals surface area contributed by atoms with Crippen LogP contribution in [0.3, 0.4) is 0 Å². The Balaban J connectivity index is 1.82. The molecule has 1 amide bonds. The van der Waals surface area contributed by atoms with E-state index in [0.29, 0.717) is 13.0 Å². The average Bonchev–Trinajstić information content (AvgIpc) is 2.99. The van der Waals surface area contributed by atoms with Crippen LogP contribution in [-0.4, -0.2) is 44.0 Å². The normalized spacial score (nSPS) is 22.1. The summed E-state index contributed by atoms with van der Waals surface area (Å²) in [6.07, 6.45) is 3.77. The number of hydrazine groups is 1. The SMILES string of the molecule is COC(CNC(=O)C1CC(c2cccnc2)NN1)OC. The number of nitrogens with one attached hydrogen (secondary N) is 3. The highest BCUT2D eigenvalue weighted by atomic mass is 16.7. The minimum absolute atomic E-state index is 0.0806. The second-order valence-electron chi connectivity index (χ2n) is 4.56. The van der Waals surface area contributed by atoms with Crippen molar-refractivity contribution in [3.8, 4) is 0 Å². The number of rotatable bonds is 6. The summed E-state index contributed by atoms with van der Waals surface area (Å²) in [7, 11) is 3.07. The molecule has 0 bridgehead atoms. The van der Waals surface area contributed by atoms with Crippen molar-refractivity contribution >= 4 is 5.91 Å². The van der Waals surface area contributed by atoms with Crippen molar-refractivity contribution < 1.29 is 14.3 Å². The molecule has 20 heavy (non-hydrogen) atoms. The third-order valence-electron chi connectivity index (χ3n) is 3.28. The lowest BCUT2D eigenvalue weighted by Crippen LogP contribution is -2.45. The fraction of sp³-hybridized carbons (Fsp3) is 0.538. The largest absolute Gasteiger partial charge is 0.354 e. The number of carbonyl (C=O) groups is 1. The first-order valence-electron chi connectivity index (χ1n) is 6.49. The van der Waals surface area contributed by atoms with Crippen molar-refractivity contribution in [2.24, 2.45) is 0 Å². The lowest BCUT2D eigenvalue weighted by molar-refractivity contribution is -0.129. The maximum atomic E-state index is 12.0. The fourth-order valence-corrected chi connectivity index (χ4v) is 2.10. The first kappa shape index (κ1) is 14.9. The molecule has 0 aromatic carbocycles. The molecular weight excluding hydrogens is 260 g/mol. The van der Waals surface area contributed by atoms with E-state index in [4.69, 9.17) is 9.47 Å². The van der Waals surface area contributed by atoms with Crippen molar-refractivity contribution in [1.29, 1.82) is 0 Å². The molecular formula is C13H20N4O3. The van der Waals surface area contributed by atoms with Crippen molar-refractivity contribution in [3.63, 3.8) is 0 Å². The molecule has 110 valence electrons. The Morgan fingerprint density at radius 1 is 1.50 bits per heavy atom. The van der Waals surface area contributed by atoms with E-state index in [9.17, 15) is 4.79 Å². The molecule has 0 spiro atoms. The summed E-state index contributed by atoms with van der Waals surface area (Å²) in [5, 5.41) is 2.79. The second-order valence-corrected chi connectivity index (χ2v) is 4.56. The van der Waals surface area contributed by atoms with Crippen LogP contribution in [0.2, 0.25) is 0 Å². The number of pyridine rings is 1. The molecule has 1 aromatic rings. The summed E-state index contributed by atoms with van der Waals surface area (Å²) in [6, 6.07) is 3.67. The number of nitrogens with zero attached hydrogens (tertiary/aromatic N) is 1. The summed E-state index contributed by atoms with van der Waals surface area (Å²) in [6.45, 7) is 0.321. The summed E-state index contributed by atoms with van der Waals surface area (Å²) < 4.78 is 10.0. The van der Waals surface area contributed by atoms with E-state index in [-0.39, 0.29) is 18.0 Å². The number of hydrogen-bond donors (Lipinski definition) is 3. The number of aromatic nitrogens is 1. The molecule has 2 unspecified atom stereocenters. The van der Waals surface area contributed by atoms with Gasteiger partial charge in [-0.1, -0.05) is 6.07 Å². The Hall–Kier alpha value is -1.54. The molecule has 1 aliphatic rings. The van der Waals surface area contributed by atoms with Gasteiger partial charge >= 0.3 is 0 Å². The molecule has 2 atom stereocenters. The monoisotopic (exact) mass is 280 g/mol. The van der Waals surface area contributed by atoms with Gasteiger partial charge in [0.25, 0.3) is 0 Å². The van der Waals surface area contributed by atoms with Gasteiger partial charge < -0.3 is 14.8 Å². The minimum atomic E-state index is -0.428. The predicted molar refractivity (Wildman–Crippen MR) is 72.5 cm³/mol. The molecule has 0 saturated carbocycles. The zero-order valence-electron chi connectivity index (χ0n) is 11.6. The van der Waals surface area contributed by atoms with Crippen molar-refractivity contribution in [2.75, 3.05) is 20.8 Å². The van der Waals surface area contributed by atoms with E-state index < -0.39 is 6.29 Å². The quantitative estimate of drug-likeness (QED) is 0.622. The molecule has 2 heterocycles. The molecule has 1 aliphatic heterocycles. The van der Waals surface area contributed by atoms with Gasteiger partial charge in [0.2, 0.25) is 5.91 Å². The number of carbonyl (C=O) groups excluding carboxylic acids is 1. The summed E-state index contributed by atoms with van der Waals surface area (Å²) >= 11 is 0. The van der Waals surface area contributed by atoms with Gasteiger partial charge in [0.15, 0.2) is 6.29 Å². The first-order valence-corrected chi connectivity index (χ1v) is 6.49. The Kier molecular flexibility index (Phi) is 5.42. The van der Waals surface area contributed by atoms with Gasteiger partial charge in [-0.15, -0.1) is 0 Å². The van der Waals surface area contributed by atoms with Gasteiger partial charge in [-0.05, 0) is 18.1 Å². The molecule has 1 saturated heterocycles. The first-order chi connectivity index (χ1) is 9.74. The Labute approximate surface area is 118 Å². The maximum Gasteiger partial charge on any atom is 0.238 e. The van der Waals surface area contributed by atoms with E-state index in [1.54, 1.807) is 12.4 Å². The highest BCUT2D eigenvalue weighted by molar-refractivity contribution is 5.82. The zero-order chi connectivity index (χ0) is 14.4. The number of methoxy groups -OCH3 is 2. The van der Waals surface area contributed by atoms with E-state index in [1.807, 2.05) is 12.1 Å². The van der Waals surface area contributed by atoms with Gasteiger partial charge in [-0.25, -0.2) is 10.9 Å². The summed E-state index contributed by atoms with van der Waals surface area (Å²) in [5.41, 5.74) is 7.16. The molecule has 0 radical (unpaired) electrons. The van der Waals surface area contributed by atoms with Crippen LogP contribution in [0.15, 0.2) is 24.5 Å². The van der Waals surface area contributed by atoms with Crippen LogP contribution in [0.5, 0.6) is 0 Å². The van der Waals surface area contributed by atoms with Crippen LogP contribution >= 0.6 is 0 Å². The van der Waals surface area contributed by atoms with Gasteiger partial charge in [0.1, 0.15) is 6.04 Å². The Morgan fingerprint density at radius 3 is 2.95 bits per heavy atom. The van der Waals surface area contributed by atoms with Crippen LogP contribution < -0.4 is 16.2 Å². The van der Waals surface area contributed by atoms with Crippen molar-refractivity contribution in [1.82, 2.24) is 21.2 Å². The van der Waals surface area contributed by atoms with Crippen LogP contribution in [0.4, 0.5) is 0 Å². The third kappa shape index (κ3) is 3.73. The third-order valence-corrected chi connectivity index (χ3v) is 3.28. The van der Waals surface area contributed by atoms with E-state index in [1.165, 1.54) is 14.2 Å². The van der Waals surface area contributed by atoms with Gasteiger partial charge in [-0.3, -0.25) is 9.78 Å². The molecule has 1 aromatic heterocycles. The number of amides is 1. The van der Waals surface area contributed by atoms with Gasteiger partial charge in [0, 0.05) is 32.7 Å². The zero-order valence-corrected chi connectivity index (χ0v) is 11.6. The number of ether oxygens (including phenoxy) is 2. The van der Waals surface area contributed by atoms with Crippen LogP contribution in [0.1, 0.15) is 18.0 Å². The average molecular weight is 280 g/mol. The standard InChI is InChI=1S/C13H20N4O3/c1-19-12(20-2)8-15-13(18)11-6-10(16-17-11)9-4-3-5-14-7-9/h3-5,7,10-12,16-17H,6,8H2,1-2H3,(H,15,18). The van der Waals surface area contributed by atoms with Crippen LogP contribution in [0, 0.1) is 0 Å². The highest BCUT2D eigenvalue weighted by Gasteiger charge is 2.30. The molecule has 7 heteroatoms. The van der Waals surface area contributed by atoms with Crippen LogP contribution in [-0.2, 0) is 14.3 Å². The maximum absolute atomic E-state index is 12.0. The van der Waals surface area contributed by atoms with E-state index >= 15 is 0 Å². The Morgan fingerprint density at radius 2 is 2.30 bits per heavy atom. The molecule has 7 nitrogen and oxygen atoms in total. The molecule has 2 rings (SSSR count). The highest BCUT2D eigenvalue weighted by Crippen LogP contribution is 2.21. The predicted octanol–water partition coefficient (Wildman–Crippen LogP) is -0.276. The van der Waals surface area contributed by atoms with Crippen molar-refractivity contribution in [2.45, 2.75) is 24.8 Å². The summed E-state index contributed by atoms with van der Waals surface area (Å²) in [4.78, 5) is 16.1. The topological polar surface area (TPSA) is 84.5 Å². The second kappa shape index (κ2) is 7.30. The Bertz CT molecular complexity index is 425. The van der Waals surface area contributed by atoms with Crippen molar-refractivity contribution in [3.05, 3.63) is 30.1 Å². The lowest BCUT2D eigenvalue weighted by atomic mass is 10.0. The summed E-state index contributed by atoms with van der Waals surface area (Å²) in [5.74, 6) is -0.0806. The molecule has 1 fully saturated rings. The van der Waals surface area contributed by atoms with Gasteiger partial charge in [0.05, 0.1) is 6.54 Å². The van der Waals surface area contributed by atoms with E-state index in [2.05, 4.69) is 21.2 Å². The minimum Gasteiger partial charge on any atom is -0.354 e. The van der Waals surface area contributed by atoms with Crippen LogP contribution in [0.25, 0.3) is 0 Å². The smallest absolute Gasteiger partial charge is 0.238 e. The fourth-order valence-electron chi connectivity index (χ4n) is 2.10. The number of hydrogen-bond acceptors (Lipinski definition) is 6. The van der Waals surface area contributed by atoms with E-state index in [0.717, 1.165) is 5.56 Å².